The number of aromatic nitrogens is 2. The number of hydrogen-bond donors (Lipinski definition) is 2. The number of amides is 1. The van der Waals surface area contributed by atoms with Gasteiger partial charge in [0.15, 0.2) is 0 Å². The van der Waals surface area contributed by atoms with Gasteiger partial charge in [0.2, 0.25) is 5.82 Å². The number of nitrogens with zero attached hydrogens (tertiary/aromatic N) is 2. The second kappa shape index (κ2) is 3.71. The van der Waals surface area contributed by atoms with Crippen molar-refractivity contribution in [2.45, 2.75) is 18.9 Å². The Labute approximate surface area is 81.7 Å². The number of nitrogens with two attached hydrogens (primary N) is 1. The van der Waals surface area contributed by atoms with E-state index in [0.29, 0.717) is 0 Å². The molecule has 1 aromatic heterocycles. The smallest absolute Gasteiger partial charge is 0.286 e. The van der Waals surface area contributed by atoms with Crippen molar-refractivity contribution in [2.75, 3.05) is 6.54 Å². The number of nitrogens with one attached hydrogen (secondary N) is 1. The molecule has 74 valence electrons. The molecule has 0 radical (unpaired) electrons. The Bertz CT molecular complexity index is 346. The topological polar surface area (TPSA) is 80.9 Å². The van der Waals surface area contributed by atoms with Gasteiger partial charge in [-0.3, -0.25) is 4.79 Å². The predicted molar refractivity (Wildman–Crippen MR) is 50.5 cm³/mol. The molecule has 14 heavy (non-hydrogen) atoms. The summed E-state index contributed by atoms with van der Waals surface area (Å²) in [4.78, 5) is 18.7. The molecular weight excluding hydrogens is 180 g/mol. The molecule has 1 unspecified atom stereocenters. The first kappa shape index (κ1) is 9.08. The third kappa shape index (κ3) is 1.72. The summed E-state index contributed by atoms with van der Waals surface area (Å²) in [5.41, 5.74) is 5.95. The molecule has 1 saturated heterocycles. The van der Waals surface area contributed by atoms with Crippen LogP contribution in [0.5, 0.6) is 0 Å². The van der Waals surface area contributed by atoms with Crippen LogP contribution in [0.2, 0.25) is 0 Å². The quantitative estimate of drug-likeness (QED) is 0.691. The first-order valence-electron chi connectivity index (χ1n) is 4.63. The van der Waals surface area contributed by atoms with Crippen LogP contribution in [0.15, 0.2) is 12.3 Å². The third-order valence-corrected chi connectivity index (χ3v) is 2.31. The molecule has 5 nitrogen and oxygen atoms in total. The summed E-state index contributed by atoms with van der Waals surface area (Å²) >= 11 is 0. The van der Waals surface area contributed by atoms with Gasteiger partial charge in [-0.15, -0.1) is 0 Å². The largest absolute Gasteiger partial charge is 0.363 e. The zero-order valence-corrected chi connectivity index (χ0v) is 7.73. The van der Waals surface area contributed by atoms with E-state index in [1.165, 1.54) is 0 Å². The maximum Gasteiger partial charge on any atom is 0.286 e. The van der Waals surface area contributed by atoms with Gasteiger partial charge in [0.1, 0.15) is 0 Å². The van der Waals surface area contributed by atoms with Crippen LogP contribution in [0.4, 0.5) is 0 Å². The zero-order valence-electron chi connectivity index (χ0n) is 7.73. The fourth-order valence-corrected chi connectivity index (χ4v) is 1.62. The first-order valence-corrected chi connectivity index (χ1v) is 4.63. The van der Waals surface area contributed by atoms with Crippen molar-refractivity contribution in [3.05, 3.63) is 23.8 Å². The average molecular weight is 192 g/mol. The number of carbonyl (C=O) groups excluding carboxylic acids is 1. The van der Waals surface area contributed by atoms with Crippen LogP contribution in [0.25, 0.3) is 0 Å². The average Bonchev–Trinajstić information content (AvgIpc) is 2.71. The number of rotatable bonds is 2. The Kier molecular flexibility index (Phi) is 2.41. The first-order chi connectivity index (χ1) is 6.77. The molecule has 2 heterocycles. The van der Waals surface area contributed by atoms with Crippen molar-refractivity contribution in [1.29, 1.82) is 0 Å². The van der Waals surface area contributed by atoms with Crippen molar-refractivity contribution in [1.82, 2.24) is 15.3 Å². The molecule has 0 aromatic carbocycles. The highest BCUT2D eigenvalue weighted by Crippen LogP contribution is 2.20. The molecule has 1 fully saturated rings. The second-order valence-electron chi connectivity index (χ2n) is 3.32. The lowest BCUT2D eigenvalue weighted by atomic mass is 10.1. The zero-order chi connectivity index (χ0) is 9.97. The fraction of sp³-hybridized carbons (Fsp3) is 0.444. The van der Waals surface area contributed by atoms with E-state index in [2.05, 4.69) is 15.3 Å². The monoisotopic (exact) mass is 192 g/mol. The maximum absolute atomic E-state index is 10.8. The van der Waals surface area contributed by atoms with Crippen LogP contribution in [0.1, 0.15) is 35.2 Å². The van der Waals surface area contributed by atoms with Crippen molar-refractivity contribution >= 4 is 5.91 Å². The van der Waals surface area contributed by atoms with E-state index in [0.717, 1.165) is 25.1 Å². The number of carbonyl (C=O) groups is 1. The van der Waals surface area contributed by atoms with E-state index in [1.807, 2.05) is 6.07 Å². The van der Waals surface area contributed by atoms with Crippen molar-refractivity contribution in [3.8, 4) is 0 Å². The Hall–Kier alpha value is -1.49. The van der Waals surface area contributed by atoms with Gasteiger partial charge in [-0.25, -0.2) is 9.97 Å². The molecule has 1 aromatic rings. The van der Waals surface area contributed by atoms with Gasteiger partial charge in [-0.2, -0.15) is 0 Å². The summed E-state index contributed by atoms with van der Waals surface area (Å²) in [6.07, 6.45) is 3.76. The summed E-state index contributed by atoms with van der Waals surface area (Å²) in [6.45, 7) is 1.00. The number of primary amides is 1. The van der Waals surface area contributed by atoms with Crippen LogP contribution >= 0.6 is 0 Å². The van der Waals surface area contributed by atoms with E-state index in [9.17, 15) is 4.79 Å². The van der Waals surface area contributed by atoms with E-state index in [4.69, 9.17) is 5.73 Å². The van der Waals surface area contributed by atoms with E-state index in [-0.39, 0.29) is 11.9 Å². The molecule has 3 N–H and O–H groups in total. The Morgan fingerprint density at radius 1 is 1.64 bits per heavy atom. The van der Waals surface area contributed by atoms with Crippen LogP contribution in [0, 0.1) is 0 Å². The lowest BCUT2D eigenvalue weighted by Gasteiger charge is -2.08. The lowest BCUT2D eigenvalue weighted by molar-refractivity contribution is 0.0990. The summed E-state index contributed by atoms with van der Waals surface area (Å²) in [6, 6.07) is 2.06. The highest BCUT2D eigenvalue weighted by atomic mass is 16.1. The van der Waals surface area contributed by atoms with E-state index in [1.54, 1.807) is 6.20 Å². The summed E-state index contributed by atoms with van der Waals surface area (Å²) in [5, 5.41) is 3.30. The number of hydrogen-bond acceptors (Lipinski definition) is 4. The van der Waals surface area contributed by atoms with Gasteiger partial charge < -0.3 is 11.1 Å². The minimum Gasteiger partial charge on any atom is -0.363 e. The van der Waals surface area contributed by atoms with Crippen LogP contribution in [-0.2, 0) is 0 Å². The normalized spacial score (nSPS) is 21.0. The molecule has 0 saturated carbocycles. The van der Waals surface area contributed by atoms with Crippen LogP contribution in [0.3, 0.4) is 0 Å². The molecule has 0 bridgehead atoms. The van der Waals surface area contributed by atoms with E-state index >= 15 is 0 Å². The fourth-order valence-electron chi connectivity index (χ4n) is 1.62. The predicted octanol–water partition coefficient (Wildman–Crippen LogP) is -0.000000000000000611. The molecule has 1 aliphatic heterocycles. The van der Waals surface area contributed by atoms with Crippen LogP contribution < -0.4 is 11.1 Å². The summed E-state index contributed by atoms with van der Waals surface area (Å²) in [5.74, 6) is -0.485. The van der Waals surface area contributed by atoms with Gasteiger partial charge in [-0.1, -0.05) is 0 Å². The molecule has 0 spiro atoms. The molecule has 0 aliphatic carbocycles. The second-order valence-corrected chi connectivity index (χ2v) is 3.32. The minimum atomic E-state index is -0.579. The van der Waals surface area contributed by atoms with Crippen LogP contribution in [-0.4, -0.2) is 22.4 Å². The van der Waals surface area contributed by atoms with Gasteiger partial charge in [0.25, 0.3) is 5.91 Å². The Morgan fingerprint density at radius 2 is 2.50 bits per heavy atom. The highest BCUT2D eigenvalue weighted by molar-refractivity contribution is 5.88. The Morgan fingerprint density at radius 3 is 3.14 bits per heavy atom. The van der Waals surface area contributed by atoms with Gasteiger partial charge in [0, 0.05) is 12.2 Å². The molecular formula is C9H12N4O. The van der Waals surface area contributed by atoms with Gasteiger partial charge >= 0.3 is 0 Å². The molecule has 1 atom stereocenters. The highest BCUT2D eigenvalue weighted by Gasteiger charge is 2.18. The van der Waals surface area contributed by atoms with Crippen molar-refractivity contribution in [3.63, 3.8) is 0 Å². The molecule has 1 aliphatic rings. The van der Waals surface area contributed by atoms with Gasteiger partial charge in [0.05, 0.1) is 5.69 Å². The van der Waals surface area contributed by atoms with Crippen molar-refractivity contribution in [2.24, 2.45) is 5.73 Å². The van der Waals surface area contributed by atoms with Crippen molar-refractivity contribution < 1.29 is 4.79 Å². The van der Waals surface area contributed by atoms with E-state index < -0.39 is 5.91 Å². The van der Waals surface area contributed by atoms with Gasteiger partial charge in [-0.05, 0) is 25.5 Å². The molecule has 1 amide bonds. The lowest BCUT2D eigenvalue weighted by Crippen LogP contribution is -2.19. The standard InChI is InChI=1S/C9H12N4O/c10-8(14)9-12-5-3-7(13-9)6-2-1-4-11-6/h3,5-6,11H,1-2,4H2,(H2,10,14). The third-order valence-electron chi connectivity index (χ3n) is 2.31. The molecule has 5 heteroatoms. The summed E-state index contributed by atoms with van der Waals surface area (Å²) in [7, 11) is 0. The summed E-state index contributed by atoms with van der Waals surface area (Å²) < 4.78 is 0. The minimum absolute atomic E-state index is 0.0937. The SMILES string of the molecule is NC(=O)c1nccc(C2CCCN2)n1. The molecule has 2 rings (SSSR count). The maximum atomic E-state index is 10.8. The Balaban J connectivity index is 2.25.